The second-order valence-corrected chi connectivity index (χ2v) is 6.33. The maximum absolute atomic E-state index is 12.7. The molecule has 3 rings (SSSR count). The summed E-state index contributed by atoms with van der Waals surface area (Å²) in [7, 11) is 0. The molecule has 0 bridgehead atoms. The van der Waals surface area contributed by atoms with Gasteiger partial charge in [-0.15, -0.1) is 0 Å². The van der Waals surface area contributed by atoms with Crippen molar-refractivity contribution < 1.29 is 9.59 Å². The molecule has 24 heavy (non-hydrogen) atoms. The number of anilines is 1. The smallest absolute Gasteiger partial charge is 0.229 e. The first-order valence-electron chi connectivity index (χ1n) is 8.53. The van der Waals surface area contributed by atoms with Crippen molar-refractivity contribution in [1.82, 2.24) is 9.88 Å². The lowest BCUT2D eigenvalue weighted by Crippen LogP contribution is -2.42. The molecule has 1 atom stereocenters. The molecule has 1 aromatic heterocycles. The number of para-hydroxylation sites is 1. The van der Waals surface area contributed by atoms with Gasteiger partial charge in [0.25, 0.3) is 0 Å². The molecule has 1 aliphatic heterocycles. The van der Waals surface area contributed by atoms with Crippen LogP contribution in [0.4, 0.5) is 5.69 Å². The number of nitrogens with one attached hydrogen (secondary N) is 1. The summed E-state index contributed by atoms with van der Waals surface area (Å²) in [6, 6.07) is 9.78. The van der Waals surface area contributed by atoms with Crippen molar-refractivity contribution in [3.8, 4) is 0 Å². The fourth-order valence-electron chi connectivity index (χ4n) is 3.23. The molecule has 0 aliphatic carbocycles. The van der Waals surface area contributed by atoms with Crippen LogP contribution in [0.1, 0.15) is 32.4 Å². The van der Waals surface area contributed by atoms with E-state index in [1.807, 2.05) is 30.3 Å². The van der Waals surface area contributed by atoms with E-state index in [2.05, 4.69) is 17.2 Å². The summed E-state index contributed by atoms with van der Waals surface area (Å²) in [5.74, 6) is -0.130. The first kappa shape index (κ1) is 16.4. The third kappa shape index (κ3) is 3.40. The Morgan fingerprint density at radius 3 is 2.88 bits per heavy atom. The van der Waals surface area contributed by atoms with Crippen LogP contribution in [0.2, 0.25) is 0 Å². The number of pyridine rings is 1. The molecule has 2 amide bonds. The summed E-state index contributed by atoms with van der Waals surface area (Å²) in [4.78, 5) is 30.6. The van der Waals surface area contributed by atoms with E-state index in [1.165, 1.54) is 0 Å². The molecule has 1 aliphatic rings. The van der Waals surface area contributed by atoms with E-state index >= 15 is 0 Å². The fraction of sp³-hybridized carbons (Fsp3) is 0.421. The van der Waals surface area contributed by atoms with Crippen molar-refractivity contribution >= 4 is 28.4 Å². The standard InChI is InChI=1S/C19H23N3O2/c1-3-15-11-18(16-8-4-5-9-17(16)20-15)21-19(24)14-7-6-10-22(12-14)13(2)23/h4-5,8-9,11,14H,3,6-7,10,12H2,1-2H3,(H,20,21,24). The van der Waals surface area contributed by atoms with E-state index in [1.54, 1.807) is 11.8 Å². The van der Waals surface area contributed by atoms with E-state index in [0.29, 0.717) is 6.54 Å². The number of rotatable bonds is 3. The van der Waals surface area contributed by atoms with Crippen LogP contribution < -0.4 is 5.32 Å². The van der Waals surface area contributed by atoms with Gasteiger partial charge in [0.1, 0.15) is 0 Å². The van der Waals surface area contributed by atoms with Gasteiger partial charge in [-0.2, -0.15) is 0 Å². The minimum Gasteiger partial charge on any atom is -0.342 e. The molecule has 1 saturated heterocycles. The number of amides is 2. The van der Waals surface area contributed by atoms with Crippen molar-refractivity contribution in [3.05, 3.63) is 36.0 Å². The summed E-state index contributed by atoms with van der Waals surface area (Å²) in [5.41, 5.74) is 2.65. The highest BCUT2D eigenvalue weighted by Gasteiger charge is 2.27. The van der Waals surface area contributed by atoms with Crippen LogP contribution in [0.25, 0.3) is 10.9 Å². The zero-order valence-corrected chi connectivity index (χ0v) is 14.2. The molecule has 2 aromatic rings. The number of fused-ring (bicyclic) bond motifs is 1. The zero-order valence-electron chi connectivity index (χ0n) is 14.2. The summed E-state index contributed by atoms with van der Waals surface area (Å²) in [6.07, 6.45) is 2.50. The van der Waals surface area contributed by atoms with Crippen molar-refractivity contribution in [2.45, 2.75) is 33.1 Å². The number of nitrogens with zero attached hydrogens (tertiary/aromatic N) is 2. The number of carbonyl (C=O) groups is 2. The predicted molar refractivity (Wildman–Crippen MR) is 94.7 cm³/mol. The SMILES string of the molecule is CCc1cc(NC(=O)C2CCCN(C(C)=O)C2)c2ccccc2n1. The molecule has 0 saturated carbocycles. The molecule has 5 nitrogen and oxygen atoms in total. The summed E-state index contributed by atoms with van der Waals surface area (Å²) in [6.45, 7) is 4.86. The van der Waals surface area contributed by atoms with Crippen molar-refractivity contribution in [2.24, 2.45) is 5.92 Å². The maximum atomic E-state index is 12.7. The number of benzene rings is 1. The van der Waals surface area contributed by atoms with E-state index in [9.17, 15) is 9.59 Å². The van der Waals surface area contributed by atoms with Crippen LogP contribution in [-0.4, -0.2) is 34.8 Å². The van der Waals surface area contributed by atoms with Gasteiger partial charge in [-0.05, 0) is 31.4 Å². The molecule has 1 N–H and O–H groups in total. The average Bonchev–Trinajstić information content (AvgIpc) is 2.61. The highest BCUT2D eigenvalue weighted by molar-refractivity contribution is 6.02. The molecule has 1 aromatic carbocycles. The monoisotopic (exact) mass is 325 g/mol. The molecular formula is C19H23N3O2. The molecule has 0 radical (unpaired) electrons. The molecular weight excluding hydrogens is 302 g/mol. The van der Waals surface area contributed by atoms with Gasteiger partial charge >= 0.3 is 0 Å². The molecule has 126 valence electrons. The van der Waals surface area contributed by atoms with E-state index in [-0.39, 0.29) is 17.7 Å². The first-order valence-corrected chi connectivity index (χ1v) is 8.53. The van der Waals surface area contributed by atoms with Crippen LogP contribution in [0.15, 0.2) is 30.3 Å². The Balaban J connectivity index is 1.83. The summed E-state index contributed by atoms with van der Waals surface area (Å²) >= 11 is 0. The van der Waals surface area contributed by atoms with Crippen LogP contribution in [0.5, 0.6) is 0 Å². The van der Waals surface area contributed by atoms with Crippen molar-refractivity contribution in [2.75, 3.05) is 18.4 Å². The van der Waals surface area contributed by atoms with Gasteiger partial charge in [-0.25, -0.2) is 0 Å². The zero-order chi connectivity index (χ0) is 17.1. The predicted octanol–water partition coefficient (Wildman–Crippen LogP) is 2.99. The van der Waals surface area contributed by atoms with Crippen LogP contribution in [0, 0.1) is 5.92 Å². The highest BCUT2D eigenvalue weighted by atomic mass is 16.2. The Labute approximate surface area is 142 Å². The highest BCUT2D eigenvalue weighted by Crippen LogP contribution is 2.25. The number of hydrogen-bond donors (Lipinski definition) is 1. The largest absolute Gasteiger partial charge is 0.342 e. The third-order valence-electron chi connectivity index (χ3n) is 4.63. The Bertz CT molecular complexity index is 772. The number of carbonyl (C=O) groups excluding carboxylic acids is 2. The maximum Gasteiger partial charge on any atom is 0.229 e. The van der Waals surface area contributed by atoms with Crippen LogP contribution >= 0.6 is 0 Å². The quantitative estimate of drug-likeness (QED) is 0.943. The second kappa shape index (κ2) is 6.99. The van der Waals surface area contributed by atoms with Gasteiger partial charge in [0.15, 0.2) is 0 Å². The Kier molecular flexibility index (Phi) is 4.79. The Hall–Kier alpha value is -2.43. The van der Waals surface area contributed by atoms with E-state index in [0.717, 1.165) is 48.1 Å². The third-order valence-corrected chi connectivity index (χ3v) is 4.63. The van der Waals surface area contributed by atoms with Crippen molar-refractivity contribution in [1.29, 1.82) is 0 Å². The number of aromatic nitrogens is 1. The number of hydrogen-bond acceptors (Lipinski definition) is 3. The van der Waals surface area contributed by atoms with Crippen LogP contribution in [-0.2, 0) is 16.0 Å². The van der Waals surface area contributed by atoms with Gasteiger partial charge in [-0.1, -0.05) is 25.1 Å². The fourth-order valence-corrected chi connectivity index (χ4v) is 3.23. The van der Waals surface area contributed by atoms with E-state index in [4.69, 9.17) is 0 Å². The van der Waals surface area contributed by atoms with Crippen molar-refractivity contribution in [3.63, 3.8) is 0 Å². The molecule has 1 unspecified atom stereocenters. The van der Waals surface area contributed by atoms with Crippen LogP contribution in [0.3, 0.4) is 0 Å². The summed E-state index contributed by atoms with van der Waals surface area (Å²) < 4.78 is 0. The molecule has 5 heteroatoms. The minimum absolute atomic E-state index is 0.0145. The van der Waals surface area contributed by atoms with Gasteiger partial charge < -0.3 is 10.2 Å². The lowest BCUT2D eigenvalue weighted by molar-refractivity contribution is -0.132. The lowest BCUT2D eigenvalue weighted by atomic mass is 9.97. The second-order valence-electron chi connectivity index (χ2n) is 6.33. The first-order chi connectivity index (χ1) is 11.6. The average molecular weight is 325 g/mol. The lowest BCUT2D eigenvalue weighted by Gasteiger charge is -2.31. The Morgan fingerprint density at radius 2 is 2.12 bits per heavy atom. The van der Waals surface area contributed by atoms with Gasteiger partial charge in [0.2, 0.25) is 11.8 Å². The normalized spacial score (nSPS) is 17.8. The number of aryl methyl sites for hydroxylation is 1. The molecule has 2 heterocycles. The van der Waals surface area contributed by atoms with Gasteiger partial charge in [0.05, 0.1) is 17.1 Å². The van der Waals surface area contributed by atoms with Gasteiger partial charge in [0, 0.05) is 31.1 Å². The number of likely N-dealkylation sites (tertiary alicyclic amines) is 1. The van der Waals surface area contributed by atoms with E-state index < -0.39 is 0 Å². The summed E-state index contributed by atoms with van der Waals surface area (Å²) in [5, 5.41) is 4.02. The van der Waals surface area contributed by atoms with Gasteiger partial charge in [-0.3, -0.25) is 14.6 Å². The topological polar surface area (TPSA) is 62.3 Å². The number of piperidine rings is 1. The Morgan fingerprint density at radius 1 is 1.33 bits per heavy atom. The molecule has 0 spiro atoms. The molecule has 1 fully saturated rings. The minimum atomic E-state index is -0.153.